The number of halogens is 5. The van der Waals surface area contributed by atoms with Crippen LogP contribution in [0.4, 0.5) is 24.7 Å². The topological polar surface area (TPSA) is 47.0 Å². The molecule has 0 bridgehead atoms. The number of nitrogens with zero attached hydrogens (tertiary/aromatic N) is 2. The van der Waals surface area contributed by atoms with Crippen LogP contribution in [0.3, 0.4) is 0 Å². The van der Waals surface area contributed by atoms with Crippen LogP contribution in [0, 0.1) is 0 Å². The van der Waals surface area contributed by atoms with Crippen LogP contribution < -0.4 is 10.1 Å². The smallest absolute Gasteiger partial charge is 0.451 e. The standard InChI is InChI=1S/C12H8Cl2F3N3O/c1-21-6-2-3-7(13)8(4-6)18-10-5-9(14)19-11(20-10)12(15,16)17/h2-5H,1H3,(H,18,19,20). The molecule has 2 rings (SSSR count). The van der Waals surface area contributed by atoms with Crippen molar-refractivity contribution in [2.45, 2.75) is 6.18 Å². The van der Waals surface area contributed by atoms with Crippen molar-refractivity contribution in [3.63, 3.8) is 0 Å². The minimum absolute atomic E-state index is 0.127. The summed E-state index contributed by atoms with van der Waals surface area (Å²) in [7, 11) is 1.45. The van der Waals surface area contributed by atoms with E-state index in [9.17, 15) is 13.2 Å². The van der Waals surface area contributed by atoms with E-state index in [0.29, 0.717) is 16.5 Å². The first-order valence-corrected chi connectivity index (χ1v) is 6.27. The Bertz CT molecular complexity index is 665. The maximum Gasteiger partial charge on any atom is 0.451 e. The minimum Gasteiger partial charge on any atom is -0.497 e. The Hall–Kier alpha value is -1.73. The molecule has 112 valence electrons. The van der Waals surface area contributed by atoms with Crippen molar-refractivity contribution in [3.8, 4) is 5.75 Å². The molecule has 1 N–H and O–H groups in total. The van der Waals surface area contributed by atoms with Crippen LogP contribution in [0.1, 0.15) is 5.82 Å². The van der Waals surface area contributed by atoms with Gasteiger partial charge in [0.1, 0.15) is 16.7 Å². The van der Waals surface area contributed by atoms with Gasteiger partial charge >= 0.3 is 6.18 Å². The predicted octanol–water partition coefficient (Wildman–Crippen LogP) is 4.55. The quantitative estimate of drug-likeness (QED) is 0.834. The molecule has 0 saturated heterocycles. The highest BCUT2D eigenvalue weighted by Crippen LogP contribution is 2.32. The van der Waals surface area contributed by atoms with Gasteiger partial charge in [0.05, 0.1) is 17.8 Å². The Kier molecular flexibility index (Phi) is 4.43. The summed E-state index contributed by atoms with van der Waals surface area (Å²) < 4.78 is 42.9. The van der Waals surface area contributed by atoms with Gasteiger partial charge in [0.15, 0.2) is 0 Å². The number of aromatic nitrogens is 2. The maximum atomic E-state index is 12.6. The Morgan fingerprint density at radius 2 is 1.86 bits per heavy atom. The molecule has 0 fully saturated rings. The number of rotatable bonds is 3. The van der Waals surface area contributed by atoms with Crippen molar-refractivity contribution >= 4 is 34.7 Å². The van der Waals surface area contributed by atoms with Gasteiger partial charge in [-0.05, 0) is 12.1 Å². The molecule has 1 aromatic carbocycles. The van der Waals surface area contributed by atoms with Gasteiger partial charge < -0.3 is 10.1 Å². The van der Waals surface area contributed by atoms with E-state index in [4.69, 9.17) is 27.9 Å². The zero-order valence-corrected chi connectivity index (χ0v) is 12.0. The summed E-state index contributed by atoms with van der Waals surface area (Å²) in [5.41, 5.74) is 0.332. The maximum absolute atomic E-state index is 12.6. The molecule has 0 spiro atoms. The molecule has 1 heterocycles. The van der Waals surface area contributed by atoms with Gasteiger partial charge in [0.2, 0.25) is 5.82 Å². The molecule has 1 aromatic heterocycles. The van der Waals surface area contributed by atoms with E-state index < -0.39 is 12.0 Å². The zero-order valence-electron chi connectivity index (χ0n) is 10.5. The summed E-state index contributed by atoms with van der Waals surface area (Å²) in [5, 5.41) is 2.61. The molecule has 0 unspecified atom stereocenters. The fourth-order valence-electron chi connectivity index (χ4n) is 1.47. The number of ether oxygens (including phenoxy) is 1. The average molecular weight is 338 g/mol. The number of alkyl halides is 3. The third kappa shape index (κ3) is 3.89. The summed E-state index contributed by atoms with van der Waals surface area (Å²) in [6.45, 7) is 0. The molecule has 0 aliphatic heterocycles. The molecule has 0 saturated carbocycles. The fourth-order valence-corrected chi connectivity index (χ4v) is 1.82. The van der Waals surface area contributed by atoms with E-state index >= 15 is 0 Å². The number of anilines is 2. The zero-order chi connectivity index (χ0) is 15.6. The lowest BCUT2D eigenvalue weighted by molar-refractivity contribution is -0.144. The highest BCUT2D eigenvalue weighted by Gasteiger charge is 2.35. The summed E-state index contributed by atoms with van der Waals surface area (Å²) in [5.74, 6) is -0.980. The third-order valence-corrected chi connectivity index (χ3v) is 2.91. The van der Waals surface area contributed by atoms with Crippen LogP contribution >= 0.6 is 23.2 Å². The van der Waals surface area contributed by atoms with Gasteiger partial charge in [-0.25, -0.2) is 9.97 Å². The Balaban J connectivity index is 2.38. The van der Waals surface area contributed by atoms with Crippen LogP contribution in [0.15, 0.2) is 24.3 Å². The van der Waals surface area contributed by atoms with Gasteiger partial charge in [0, 0.05) is 12.1 Å². The number of methoxy groups -OCH3 is 1. The van der Waals surface area contributed by atoms with E-state index in [-0.39, 0.29) is 11.0 Å². The number of hydrogen-bond acceptors (Lipinski definition) is 4. The van der Waals surface area contributed by atoms with Gasteiger partial charge in [-0.3, -0.25) is 0 Å². The second kappa shape index (κ2) is 5.95. The van der Waals surface area contributed by atoms with Crippen LogP contribution in [0.5, 0.6) is 5.75 Å². The van der Waals surface area contributed by atoms with Crippen molar-refractivity contribution < 1.29 is 17.9 Å². The third-order valence-electron chi connectivity index (χ3n) is 2.38. The molecular weight excluding hydrogens is 330 g/mol. The normalized spacial score (nSPS) is 11.3. The highest BCUT2D eigenvalue weighted by molar-refractivity contribution is 6.33. The second-order valence-corrected chi connectivity index (χ2v) is 4.66. The molecule has 0 amide bonds. The number of hydrogen-bond donors (Lipinski definition) is 1. The SMILES string of the molecule is COc1ccc(Cl)c(Nc2cc(Cl)nc(C(F)(F)F)n2)c1. The molecule has 0 aliphatic rings. The largest absolute Gasteiger partial charge is 0.497 e. The predicted molar refractivity (Wildman–Crippen MR) is 73.3 cm³/mol. The Labute approximate surface area is 127 Å². The van der Waals surface area contributed by atoms with E-state index in [0.717, 1.165) is 6.07 Å². The van der Waals surface area contributed by atoms with Crippen molar-refractivity contribution in [3.05, 3.63) is 40.3 Å². The van der Waals surface area contributed by atoms with Crippen LogP contribution in [-0.2, 0) is 6.18 Å². The van der Waals surface area contributed by atoms with Gasteiger partial charge in [-0.15, -0.1) is 0 Å². The fraction of sp³-hybridized carbons (Fsp3) is 0.167. The molecule has 21 heavy (non-hydrogen) atoms. The van der Waals surface area contributed by atoms with Crippen molar-refractivity contribution in [1.29, 1.82) is 0 Å². The minimum atomic E-state index is -4.69. The molecule has 0 radical (unpaired) electrons. The van der Waals surface area contributed by atoms with E-state index in [1.165, 1.54) is 19.2 Å². The monoisotopic (exact) mass is 337 g/mol. The lowest BCUT2D eigenvalue weighted by Crippen LogP contribution is -2.12. The van der Waals surface area contributed by atoms with Crippen molar-refractivity contribution in [2.75, 3.05) is 12.4 Å². The van der Waals surface area contributed by atoms with Gasteiger partial charge in [-0.1, -0.05) is 23.2 Å². The first-order valence-electron chi connectivity index (χ1n) is 5.52. The van der Waals surface area contributed by atoms with E-state index in [1.807, 2.05) is 0 Å². The van der Waals surface area contributed by atoms with E-state index in [1.54, 1.807) is 6.07 Å². The summed E-state index contributed by atoms with van der Waals surface area (Å²) in [6.07, 6.45) is -4.69. The molecular formula is C12H8Cl2F3N3O. The van der Waals surface area contributed by atoms with Gasteiger partial charge in [-0.2, -0.15) is 13.2 Å². The lowest BCUT2D eigenvalue weighted by Gasteiger charge is -2.11. The lowest BCUT2D eigenvalue weighted by atomic mass is 10.3. The van der Waals surface area contributed by atoms with Crippen molar-refractivity contribution in [2.24, 2.45) is 0 Å². The van der Waals surface area contributed by atoms with Crippen LogP contribution in [-0.4, -0.2) is 17.1 Å². The second-order valence-electron chi connectivity index (χ2n) is 3.87. The van der Waals surface area contributed by atoms with E-state index in [2.05, 4.69) is 15.3 Å². The highest BCUT2D eigenvalue weighted by atomic mass is 35.5. The molecule has 4 nitrogen and oxygen atoms in total. The Morgan fingerprint density at radius 3 is 2.48 bits per heavy atom. The average Bonchev–Trinajstić information content (AvgIpc) is 2.39. The molecule has 2 aromatic rings. The number of benzene rings is 1. The molecule has 9 heteroatoms. The Morgan fingerprint density at radius 1 is 1.14 bits per heavy atom. The van der Waals surface area contributed by atoms with Gasteiger partial charge in [0.25, 0.3) is 0 Å². The molecule has 0 aliphatic carbocycles. The first kappa shape index (κ1) is 15.7. The summed E-state index contributed by atoms with van der Waals surface area (Å²) in [4.78, 5) is 6.50. The summed E-state index contributed by atoms with van der Waals surface area (Å²) in [6, 6.07) is 5.83. The first-order chi connectivity index (χ1) is 9.79. The summed E-state index contributed by atoms with van der Waals surface area (Å²) >= 11 is 11.5. The van der Waals surface area contributed by atoms with Crippen LogP contribution in [0.2, 0.25) is 10.2 Å². The van der Waals surface area contributed by atoms with Crippen LogP contribution in [0.25, 0.3) is 0 Å². The number of nitrogens with one attached hydrogen (secondary N) is 1. The van der Waals surface area contributed by atoms with Crippen molar-refractivity contribution in [1.82, 2.24) is 9.97 Å². The molecule has 0 atom stereocenters.